The van der Waals surface area contributed by atoms with Crippen molar-refractivity contribution < 1.29 is 4.79 Å². The summed E-state index contributed by atoms with van der Waals surface area (Å²) < 4.78 is 1.56. The van der Waals surface area contributed by atoms with Gasteiger partial charge in [0.2, 0.25) is 10.1 Å². The van der Waals surface area contributed by atoms with Crippen LogP contribution in [0.15, 0.2) is 10.9 Å². The molecule has 2 aromatic heterocycles. The molecule has 0 aromatic carbocycles. The van der Waals surface area contributed by atoms with Crippen LogP contribution in [-0.2, 0) is 0 Å². The van der Waals surface area contributed by atoms with E-state index in [9.17, 15) is 9.59 Å². The number of hydrogen-bond donors (Lipinski definition) is 0. The van der Waals surface area contributed by atoms with Gasteiger partial charge in [0.15, 0.2) is 0 Å². The predicted octanol–water partition coefficient (Wildman–Crippen LogP) is 1.17. The molecule has 1 atom stereocenters. The van der Waals surface area contributed by atoms with Crippen LogP contribution in [-0.4, -0.2) is 76.1 Å². The lowest BCUT2D eigenvalue weighted by Gasteiger charge is -2.33. The molecule has 2 aromatic rings. The largest absolute Gasteiger partial charge is 0.346 e. The number of nitrogens with zero attached hydrogens (tertiary/aromatic N) is 6. The zero-order valence-corrected chi connectivity index (χ0v) is 16.7. The minimum atomic E-state index is -0.382. The third-order valence-electron chi connectivity index (χ3n) is 5.50. The summed E-state index contributed by atoms with van der Waals surface area (Å²) in [4.78, 5) is 36.1. The maximum Gasteiger partial charge on any atom is 0.274 e. The molecule has 0 spiro atoms. The van der Waals surface area contributed by atoms with Crippen LogP contribution in [0.3, 0.4) is 0 Å². The van der Waals surface area contributed by atoms with Crippen molar-refractivity contribution >= 4 is 27.3 Å². The Morgan fingerprint density at radius 3 is 2.74 bits per heavy atom. The minimum absolute atomic E-state index is 0.135. The van der Waals surface area contributed by atoms with Crippen molar-refractivity contribution in [2.75, 3.05) is 50.7 Å². The molecule has 2 saturated heterocycles. The van der Waals surface area contributed by atoms with Gasteiger partial charge in [-0.3, -0.25) is 9.59 Å². The molecule has 0 radical (unpaired) electrons. The molecule has 0 bridgehead atoms. The van der Waals surface area contributed by atoms with Crippen LogP contribution >= 0.6 is 11.3 Å². The summed E-state index contributed by atoms with van der Waals surface area (Å²) in [6.07, 6.45) is 2.36. The molecule has 0 aliphatic carbocycles. The van der Waals surface area contributed by atoms with E-state index in [0.29, 0.717) is 29.7 Å². The third-order valence-corrected chi connectivity index (χ3v) is 6.47. The van der Waals surface area contributed by atoms with Crippen molar-refractivity contribution in [3.63, 3.8) is 0 Å². The van der Waals surface area contributed by atoms with E-state index in [0.717, 1.165) is 44.3 Å². The van der Waals surface area contributed by atoms with Crippen LogP contribution in [0.25, 0.3) is 4.96 Å². The van der Waals surface area contributed by atoms with Gasteiger partial charge in [0.1, 0.15) is 5.69 Å². The lowest BCUT2D eigenvalue weighted by molar-refractivity contribution is 0.0634. The number of fused-ring (bicyclic) bond motifs is 1. The van der Waals surface area contributed by atoms with Gasteiger partial charge in [-0.25, -0.2) is 0 Å². The summed E-state index contributed by atoms with van der Waals surface area (Å²) >= 11 is 1.39. The molecular weight excluding hydrogens is 364 g/mol. The van der Waals surface area contributed by atoms with E-state index in [2.05, 4.69) is 33.7 Å². The van der Waals surface area contributed by atoms with Gasteiger partial charge in [0.05, 0.1) is 0 Å². The van der Waals surface area contributed by atoms with Crippen LogP contribution in [0, 0.1) is 5.92 Å². The highest BCUT2D eigenvalue weighted by molar-refractivity contribution is 7.20. The molecule has 4 heterocycles. The van der Waals surface area contributed by atoms with Gasteiger partial charge in [0.25, 0.3) is 11.5 Å². The lowest BCUT2D eigenvalue weighted by atomic mass is 10.0. The molecule has 0 unspecified atom stereocenters. The van der Waals surface area contributed by atoms with Crippen LogP contribution in [0.1, 0.15) is 37.2 Å². The Bertz CT molecular complexity index is 886. The average molecular weight is 391 g/mol. The normalized spacial score (nSPS) is 21.8. The lowest BCUT2D eigenvalue weighted by Crippen LogP contribution is -2.49. The molecule has 2 aliphatic heterocycles. The fourth-order valence-electron chi connectivity index (χ4n) is 3.88. The fourth-order valence-corrected chi connectivity index (χ4v) is 4.82. The van der Waals surface area contributed by atoms with Crippen LogP contribution < -0.4 is 10.5 Å². The maximum absolute atomic E-state index is 13.1. The highest BCUT2D eigenvalue weighted by Gasteiger charge is 2.26. The van der Waals surface area contributed by atoms with Crippen molar-refractivity contribution in [2.45, 2.75) is 26.7 Å². The molecule has 0 N–H and O–H groups in total. The van der Waals surface area contributed by atoms with Crippen molar-refractivity contribution in [1.82, 2.24) is 24.4 Å². The Balaban J connectivity index is 1.64. The molecular formula is C18H26N6O2S. The van der Waals surface area contributed by atoms with Gasteiger partial charge in [-0.05, 0) is 25.3 Å². The number of amides is 1. The van der Waals surface area contributed by atoms with Crippen LogP contribution in [0.5, 0.6) is 0 Å². The van der Waals surface area contributed by atoms with Crippen molar-refractivity contribution in [3.05, 3.63) is 22.1 Å². The molecule has 1 amide bonds. The topological polar surface area (TPSA) is 74.1 Å². The highest BCUT2D eigenvalue weighted by atomic mass is 32.1. The summed E-state index contributed by atoms with van der Waals surface area (Å²) in [6.45, 7) is 10.3. The number of anilines is 1. The maximum atomic E-state index is 13.1. The number of likely N-dealkylation sites (N-methyl/N-ethyl adjacent to an activating group) is 1. The number of aromatic nitrogens is 3. The van der Waals surface area contributed by atoms with Crippen molar-refractivity contribution in [3.8, 4) is 0 Å². The van der Waals surface area contributed by atoms with E-state index in [4.69, 9.17) is 0 Å². The molecule has 2 fully saturated rings. The molecule has 2 aliphatic rings. The number of piperidine rings is 1. The zero-order valence-electron chi connectivity index (χ0n) is 15.9. The van der Waals surface area contributed by atoms with E-state index >= 15 is 0 Å². The second-order valence-electron chi connectivity index (χ2n) is 7.48. The van der Waals surface area contributed by atoms with Gasteiger partial charge < -0.3 is 14.7 Å². The molecule has 146 valence electrons. The van der Waals surface area contributed by atoms with Gasteiger partial charge >= 0.3 is 0 Å². The van der Waals surface area contributed by atoms with E-state index in [1.807, 2.05) is 4.90 Å². The summed E-state index contributed by atoms with van der Waals surface area (Å²) in [6, 6.07) is 1.32. The van der Waals surface area contributed by atoms with E-state index in [1.165, 1.54) is 23.8 Å². The Kier molecular flexibility index (Phi) is 5.14. The Morgan fingerprint density at radius 2 is 2.04 bits per heavy atom. The number of carbonyl (C=O) groups is 1. The monoisotopic (exact) mass is 390 g/mol. The predicted molar refractivity (Wildman–Crippen MR) is 106 cm³/mol. The first kappa shape index (κ1) is 18.4. The number of carbonyl (C=O) groups excluding carboxylic acids is 1. The quantitative estimate of drug-likeness (QED) is 0.783. The van der Waals surface area contributed by atoms with Crippen molar-refractivity contribution in [1.29, 1.82) is 0 Å². The molecule has 0 saturated carbocycles. The smallest absolute Gasteiger partial charge is 0.274 e. The summed E-state index contributed by atoms with van der Waals surface area (Å²) in [7, 11) is 0. The number of hydrogen-bond acceptors (Lipinski definition) is 7. The van der Waals surface area contributed by atoms with Gasteiger partial charge in [0, 0.05) is 45.3 Å². The summed E-state index contributed by atoms with van der Waals surface area (Å²) in [5, 5.41) is 5.50. The first-order valence-electron chi connectivity index (χ1n) is 9.72. The Labute approximate surface area is 162 Å². The Morgan fingerprint density at radius 1 is 1.26 bits per heavy atom. The number of rotatable bonds is 3. The molecule has 4 rings (SSSR count). The first-order valence-corrected chi connectivity index (χ1v) is 10.5. The minimum Gasteiger partial charge on any atom is -0.346 e. The Hall–Kier alpha value is -2.00. The van der Waals surface area contributed by atoms with Crippen LogP contribution in [0.2, 0.25) is 0 Å². The summed E-state index contributed by atoms with van der Waals surface area (Å²) in [5.41, 5.74) is -0.0599. The van der Waals surface area contributed by atoms with Gasteiger partial charge in [-0.2, -0.15) is 9.50 Å². The number of piperazine rings is 1. The SMILES string of the molecule is CCN1CCN(C(=O)c2cc(=O)nc3sc(N4CCC[C@@H](C)C4)nn23)CC1. The molecule has 9 heteroatoms. The van der Waals surface area contributed by atoms with E-state index in [1.54, 1.807) is 4.52 Å². The van der Waals surface area contributed by atoms with Crippen molar-refractivity contribution in [2.24, 2.45) is 5.92 Å². The second-order valence-corrected chi connectivity index (χ2v) is 8.41. The van der Waals surface area contributed by atoms with Gasteiger partial charge in [-0.15, -0.1) is 5.10 Å². The average Bonchev–Trinajstić information content (AvgIpc) is 3.11. The first-order chi connectivity index (χ1) is 13.0. The summed E-state index contributed by atoms with van der Waals surface area (Å²) in [5.74, 6) is 0.485. The van der Waals surface area contributed by atoms with Crippen LogP contribution in [0.4, 0.5) is 5.13 Å². The standard InChI is InChI=1S/C18H26N6O2S/c1-3-21-7-9-22(10-8-21)16(26)14-11-15(25)19-17-24(14)20-18(27-17)23-6-4-5-13(2)12-23/h11,13H,3-10,12H2,1-2H3/t13-/m1/s1. The highest BCUT2D eigenvalue weighted by Crippen LogP contribution is 2.27. The zero-order chi connectivity index (χ0) is 19.0. The third kappa shape index (κ3) is 3.70. The second kappa shape index (κ2) is 7.55. The molecule has 8 nitrogen and oxygen atoms in total. The van der Waals surface area contributed by atoms with Gasteiger partial charge in [-0.1, -0.05) is 25.2 Å². The van der Waals surface area contributed by atoms with E-state index < -0.39 is 0 Å². The molecule has 27 heavy (non-hydrogen) atoms. The fraction of sp³-hybridized carbons (Fsp3) is 0.667. The van der Waals surface area contributed by atoms with E-state index in [-0.39, 0.29) is 11.5 Å².